The molecule has 0 aliphatic rings. The van der Waals surface area contributed by atoms with Crippen LogP contribution in [-0.2, 0) is 5.54 Å². The van der Waals surface area contributed by atoms with Crippen molar-refractivity contribution in [1.82, 2.24) is 4.90 Å². The van der Waals surface area contributed by atoms with Crippen LogP contribution in [0.25, 0.3) is 0 Å². The summed E-state index contributed by atoms with van der Waals surface area (Å²) in [5.41, 5.74) is 6.39. The minimum atomic E-state index is -0.751. The maximum atomic E-state index is 14.1. The molecular formula is C16H25FN2. The molecule has 3 heteroatoms. The molecule has 0 saturated heterocycles. The average Bonchev–Trinajstić information content (AvgIpc) is 2.40. The first-order valence-electron chi connectivity index (χ1n) is 6.90. The Morgan fingerprint density at radius 2 is 1.95 bits per heavy atom. The van der Waals surface area contributed by atoms with Crippen molar-refractivity contribution in [3.63, 3.8) is 0 Å². The van der Waals surface area contributed by atoms with Gasteiger partial charge in [-0.1, -0.05) is 38.1 Å². The molecule has 0 radical (unpaired) electrons. The van der Waals surface area contributed by atoms with Gasteiger partial charge in [0, 0.05) is 11.6 Å². The molecule has 106 valence electrons. The maximum absolute atomic E-state index is 14.1. The van der Waals surface area contributed by atoms with E-state index in [0.29, 0.717) is 12.0 Å². The van der Waals surface area contributed by atoms with Gasteiger partial charge < -0.3 is 5.73 Å². The van der Waals surface area contributed by atoms with Crippen LogP contribution in [0.4, 0.5) is 4.39 Å². The van der Waals surface area contributed by atoms with Gasteiger partial charge in [-0.05, 0) is 32.5 Å². The van der Waals surface area contributed by atoms with Crippen molar-refractivity contribution in [2.75, 3.05) is 13.1 Å². The number of halogens is 1. The predicted octanol–water partition coefficient (Wildman–Crippen LogP) is 3.29. The molecule has 2 unspecified atom stereocenters. The minimum Gasteiger partial charge on any atom is -0.320 e. The Balaban J connectivity index is 3.23. The molecule has 1 aromatic rings. The molecule has 1 rings (SSSR count). The Bertz CT molecular complexity index is 415. The lowest BCUT2D eigenvalue weighted by molar-refractivity contribution is 0.141. The summed E-state index contributed by atoms with van der Waals surface area (Å²) in [5.74, 6) is -0.245. The van der Waals surface area contributed by atoms with E-state index < -0.39 is 5.54 Å². The van der Waals surface area contributed by atoms with Gasteiger partial charge in [-0.25, -0.2) is 4.39 Å². The molecule has 1 aromatic carbocycles. The van der Waals surface area contributed by atoms with E-state index in [0.717, 1.165) is 13.1 Å². The van der Waals surface area contributed by atoms with Crippen LogP contribution in [0.2, 0.25) is 0 Å². The fraction of sp³-hybridized carbons (Fsp3) is 0.500. The van der Waals surface area contributed by atoms with Crippen molar-refractivity contribution >= 4 is 0 Å². The molecule has 0 heterocycles. The normalized spacial score (nSPS) is 16.1. The molecule has 0 aliphatic carbocycles. The van der Waals surface area contributed by atoms with Crippen LogP contribution in [0.3, 0.4) is 0 Å². The van der Waals surface area contributed by atoms with Gasteiger partial charge in [-0.15, -0.1) is 6.58 Å². The molecule has 0 fully saturated rings. The molecule has 0 spiro atoms. The number of nitrogens with zero attached hydrogens (tertiary/aromatic N) is 1. The van der Waals surface area contributed by atoms with Crippen molar-refractivity contribution in [2.24, 2.45) is 5.73 Å². The number of rotatable bonds is 7. The Morgan fingerprint density at radius 1 is 1.37 bits per heavy atom. The third kappa shape index (κ3) is 3.23. The molecule has 19 heavy (non-hydrogen) atoms. The fourth-order valence-corrected chi connectivity index (χ4v) is 2.68. The standard InChI is InChI=1S/C16H25FN2/c1-5-12-16(18,13(4)19(6-2)7-3)14-10-8-9-11-15(14)17/h5,8-11,13H,1,6-7,12,18H2,2-4H3. The van der Waals surface area contributed by atoms with E-state index in [-0.39, 0.29) is 11.9 Å². The van der Waals surface area contributed by atoms with Gasteiger partial charge in [0.2, 0.25) is 0 Å². The zero-order chi connectivity index (χ0) is 14.5. The first-order valence-corrected chi connectivity index (χ1v) is 6.90. The van der Waals surface area contributed by atoms with Gasteiger partial charge >= 0.3 is 0 Å². The second-order valence-electron chi connectivity index (χ2n) is 4.91. The van der Waals surface area contributed by atoms with E-state index in [9.17, 15) is 4.39 Å². The fourth-order valence-electron chi connectivity index (χ4n) is 2.68. The summed E-state index contributed by atoms with van der Waals surface area (Å²) in [6, 6.07) is 6.80. The predicted molar refractivity (Wildman–Crippen MR) is 79.5 cm³/mol. The second kappa shape index (κ2) is 6.83. The lowest BCUT2D eigenvalue weighted by Crippen LogP contribution is -2.55. The summed E-state index contributed by atoms with van der Waals surface area (Å²) in [6.07, 6.45) is 2.32. The van der Waals surface area contributed by atoms with Gasteiger partial charge in [0.25, 0.3) is 0 Å². The minimum absolute atomic E-state index is 0.0393. The van der Waals surface area contributed by atoms with E-state index in [4.69, 9.17) is 5.73 Å². The molecular weight excluding hydrogens is 239 g/mol. The van der Waals surface area contributed by atoms with Crippen molar-refractivity contribution < 1.29 is 4.39 Å². The second-order valence-corrected chi connectivity index (χ2v) is 4.91. The van der Waals surface area contributed by atoms with E-state index in [1.807, 2.05) is 6.07 Å². The van der Waals surface area contributed by atoms with Crippen molar-refractivity contribution in [1.29, 1.82) is 0 Å². The van der Waals surface area contributed by atoms with Crippen LogP contribution < -0.4 is 5.73 Å². The summed E-state index contributed by atoms with van der Waals surface area (Å²) >= 11 is 0. The van der Waals surface area contributed by atoms with Crippen molar-refractivity contribution in [2.45, 2.75) is 38.8 Å². The molecule has 0 bridgehead atoms. The summed E-state index contributed by atoms with van der Waals surface area (Å²) in [5, 5.41) is 0. The van der Waals surface area contributed by atoms with Gasteiger partial charge in [-0.2, -0.15) is 0 Å². The van der Waals surface area contributed by atoms with Gasteiger partial charge in [0.1, 0.15) is 5.82 Å². The van der Waals surface area contributed by atoms with Crippen LogP contribution >= 0.6 is 0 Å². The smallest absolute Gasteiger partial charge is 0.128 e. The first-order chi connectivity index (χ1) is 9.01. The lowest BCUT2D eigenvalue weighted by Gasteiger charge is -2.41. The summed E-state index contributed by atoms with van der Waals surface area (Å²) in [7, 11) is 0. The zero-order valence-electron chi connectivity index (χ0n) is 12.2. The third-order valence-corrected chi connectivity index (χ3v) is 3.96. The number of hydrogen-bond acceptors (Lipinski definition) is 2. The Labute approximate surface area is 116 Å². The summed E-state index contributed by atoms with van der Waals surface area (Å²) in [4.78, 5) is 2.25. The van der Waals surface area contributed by atoms with Crippen LogP contribution in [0, 0.1) is 5.82 Å². The molecule has 2 nitrogen and oxygen atoms in total. The van der Waals surface area contributed by atoms with Gasteiger partial charge in [0.15, 0.2) is 0 Å². The molecule has 0 amide bonds. The van der Waals surface area contributed by atoms with E-state index in [1.165, 1.54) is 6.07 Å². The van der Waals surface area contributed by atoms with Crippen molar-refractivity contribution in [3.05, 3.63) is 48.3 Å². The number of benzene rings is 1. The van der Waals surface area contributed by atoms with Crippen LogP contribution in [0.15, 0.2) is 36.9 Å². The van der Waals surface area contributed by atoms with Gasteiger partial charge in [0.05, 0.1) is 5.54 Å². The highest BCUT2D eigenvalue weighted by molar-refractivity contribution is 5.29. The van der Waals surface area contributed by atoms with Crippen LogP contribution in [-0.4, -0.2) is 24.0 Å². The summed E-state index contributed by atoms with van der Waals surface area (Å²) in [6.45, 7) is 11.8. The highest BCUT2D eigenvalue weighted by Gasteiger charge is 2.37. The first kappa shape index (κ1) is 15.9. The third-order valence-electron chi connectivity index (χ3n) is 3.96. The largest absolute Gasteiger partial charge is 0.320 e. The quantitative estimate of drug-likeness (QED) is 0.766. The monoisotopic (exact) mass is 264 g/mol. The van der Waals surface area contributed by atoms with Crippen LogP contribution in [0.5, 0.6) is 0 Å². The summed E-state index contributed by atoms with van der Waals surface area (Å²) < 4.78 is 14.1. The highest BCUT2D eigenvalue weighted by atomic mass is 19.1. The highest BCUT2D eigenvalue weighted by Crippen LogP contribution is 2.31. The molecule has 0 aromatic heterocycles. The van der Waals surface area contributed by atoms with E-state index in [2.05, 4.69) is 32.3 Å². The Hall–Kier alpha value is -1.19. The molecule has 2 atom stereocenters. The molecule has 0 aliphatic heterocycles. The lowest BCUT2D eigenvalue weighted by atomic mass is 9.80. The number of likely N-dealkylation sites (N-methyl/N-ethyl adjacent to an activating group) is 1. The van der Waals surface area contributed by atoms with E-state index >= 15 is 0 Å². The molecule has 2 N–H and O–H groups in total. The molecule has 0 saturated carbocycles. The Kier molecular flexibility index (Phi) is 5.70. The van der Waals surface area contributed by atoms with E-state index in [1.54, 1.807) is 18.2 Å². The van der Waals surface area contributed by atoms with Crippen molar-refractivity contribution in [3.8, 4) is 0 Å². The number of nitrogens with two attached hydrogens (primary N) is 1. The SMILES string of the molecule is C=CCC(N)(c1ccccc1F)C(C)N(CC)CC. The zero-order valence-corrected chi connectivity index (χ0v) is 12.2. The van der Waals surface area contributed by atoms with Gasteiger partial charge in [-0.3, -0.25) is 4.90 Å². The maximum Gasteiger partial charge on any atom is 0.128 e. The Morgan fingerprint density at radius 3 is 2.42 bits per heavy atom. The van der Waals surface area contributed by atoms with Crippen LogP contribution in [0.1, 0.15) is 32.8 Å². The average molecular weight is 264 g/mol. The number of hydrogen-bond donors (Lipinski definition) is 1. The topological polar surface area (TPSA) is 29.3 Å².